The second-order valence-electron chi connectivity index (χ2n) is 5.92. The number of aryl methyl sites for hydroxylation is 2. The fraction of sp³-hybridized carbons (Fsp3) is 0.588. The third kappa shape index (κ3) is 4.72. The Hall–Kier alpha value is -1.06. The van der Waals surface area contributed by atoms with Gasteiger partial charge in [-0.1, -0.05) is 38.0 Å². The number of hydrogen-bond acceptors (Lipinski definition) is 2. The van der Waals surface area contributed by atoms with E-state index in [9.17, 15) is 4.79 Å². The Labute approximate surface area is 134 Å². The van der Waals surface area contributed by atoms with Crippen LogP contribution in [0.2, 0.25) is 0 Å². The molecule has 3 N–H and O–H groups in total. The summed E-state index contributed by atoms with van der Waals surface area (Å²) in [6.45, 7) is 4.16. The molecule has 2 atom stereocenters. The van der Waals surface area contributed by atoms with Crippen LogP contribution in [0.5, 0.6) is 0 Å². The highest BCUT2D eigenvalue weighted by molar-refractivity contribution is 5.92. The number of hydrogen-bond donors (Lipinski definition) is 2. The molecule has 1 saturated carbocycles. The number of nitrogens with two attached hydrogens (primary N) is 1. The van der Waals surface area contributed by atoms with Gasteiger partial charge in [0.25, 0.3) is 0 Å². The van der Waals surface area contributed by atoms with Crippen molar-refractivity contribution in [3.63, 3.8) is 0 Å². The van der Waals surface area contributed by atoms with E-state index in [0.717, 1.165) is 30.5 Å². The van der Waals surface area contributed by atoms with Gasteiger partial charge in [-0.25, -0.2) is 0 Å². The Morgan fingerprint density at radius 2 is 2.05 bits per heavy atom. The number of carbonyl (C=O) groups excluding carboxylic acids is 1. The fourth-order valence-electron chi connectivity index (χ4n) is 3.12. The Bertz CT molecular complexity index is 476. The Kier molecular flexibility index (Phi) is 7.20. The van der Waals surface area contributed by atoms with E-state index < -0.39 is 0 Å². The zero-order valence-corrected chi connectivity index (χ0v) is 13.8. The molecular formula is C17H27ClN2O. The van der Waals surface area contributed by atoms with Gasteiger partial charge in [-0.2, -0.15) is 0 Å². The number of anilines is 1. The van der Waals surface area contributed by atoms with Crippen LogP contribution in [0.4, 0.5) is 5.69 Å². The molecule has 0 bridgehead atoms. The fourth-order valence-corrected chi connectivity index (χ4v) is 3.12. The van der Waals surface area contributed by atoms with Gasteiger partial charge >= 0.3 is 0 Å². The van der Waals surface area contributed by atoms with Gasteiger partial charge in [0.15, 0.2) is 0 Å². The highest BCUT2D eigenvalue weighted by Gasteiger charge is 2.24. The number of para-hydroxylation sites is 1. The average Bonchev–Trinajstić information content (AvgIpc) is 2.43. The lowest BCUT2D eigenvalue weighted by molar-refractivity contribution is -0.117. The minimum absolute atomic E-state index is 0. The standard InChI is InChI=1S/C17H26N2O.ClH/c1-3-13-9-6-7-12(2)17(13)19-16(20)11-14-8-4-5-10-15(14)18;/h6-7,9,14-15H,3-5,8,10-11,18H2,1-2H3,(H,19,20);1H. The van der Waals surface area contributed by atoms with Crippen LogP contribution >= 0.6 is 12.4 Å². The molecule has 118 valence electrons. The Balaban J connectivity index is 0.00000220. The maximum absolute atomic E-state index is 12.3. The average molecular weight is 311 g/mol. The summed E-state index contributed by atoms with van der Waals surface area (Å²) in [4.78, 5) is 12.3. The number of nitrogens with one attached hydrogen (secondary N) is 1. The number of halogens is 1. The predicted octanol–water partition coefficient (Wildman–Crippen LogP) is 3.83. The first-order valence-electron chi connectivity index (χ1n) is 7.75. The highest BCUT2D eigenvalue weighted by atomic mass is 35.5. The van der Waals surface area contributed by atoms with Crippen molar-refractivity contribution in [1.82, 2.24) is 0 Å². The minimum atomic E-state index is 0. The maximum Gasteiger partial charge on any atom is 0.224 e. The summed E-state index contributed by atoms with van der Waals surface area (Å²) in [5.74, 6) is 0.453. The monoisotopic (exact) mass is 310 g/mol. The van der Waals surface area contributed by atoms with Gasteiger partial charge in [-0.3, -0.25) is 4.79 Å². The Morgan fingerprint density at radius 1 is 1.33 bits per heavy atom. The van der Waals surface area contributed by atoms with Crippen LogP contribution in [-0.4, -0.2) is 11.9 Å². The molecule has 0 radical (unpaired) electrons. The predicted molar refractivity (Wildman–Crippen MR) is 91.0 cm³/mol. The molecule has 0 aromatic heterocycles. The van der Waals surface area contributed by atoms with Crippen molar-refractivity contribution in [3.05, 3.63) is 29.3 Å². The second-order valence-corrected chi connectivity index (χ2v) is 5.92. The van der Waals surface area contributed by atoms with E-state index in [2.05, 4.69) is 18.3 Å². The van der Waals surface area contributed by atoms with E-state index in [1.165, 1.54) is 18.4 Å². The SMILES string of the molecule is CCc1cccc(C)c1NC(=O)CC1CCCCC1N.Cl. The second kappa shape index (κ2) is 8.40. The van der Waals surface area contributed by atoms with Gasteiger partial charge in [0.2, 0.25) is 5.91 Å². The molecule has 0 aliphatic heterocycles. The van der Waals surface area contributed by atoms with Gasteiger partial charge < -0.3 is 11.1 Å². The number of rotatable bonds is 4. The molecule has 2 rings (SSSR count). The van der Waals surface area contributed by atoms with Gasteiger partial charge in [0.05, 0.1) is 0 Å². The zero-order valence-electron chi connectivity index (χ0n) is 13.0. The molecule has 21 heavy (non-hydrogen) atoms. The van der Waals surface area contributed by atoms with Crippen LogP contribution in [0.1, 0.15) is 50.2 Å². The van der Waals surface area contributed by atoms with Crippen LogP contribution in [0, 0.1) is 12.8 Å². The highest BCUT2D eigenvalue weighted by Crippen LogP contribution is 2.27. The smallest absolute Gasteiger partial charge is 0.224 e. The normalized spacial score (nSPS) is 21.5. The lowest BCUT2D eigenvalue weighted by atomic mass is 9.83. The topological polar surface area (TPSA) is 55.1 Å². The van der Waals surface area contributed by atoms with Gasteiger partial charge in [-0.05, 0) is 43.2 Å². The lowest BCUT2D eigenvalue weighted by Gasteiger charge is -2.28. The van der Waals surface area contributed by atoms with Crippen LogP contribution in [0.3, 0.4) is 0 Å². The van der Waals surface area contributed by atoms with E-state index in [4.69, 9.17) is 5.73 Å². The first kappa shape index (κ1) is 18.0. The quantitative estimate of drug-likeness (QED) is 0.888. The summed E-state index contributed by atoms with van der Waals surface area (Å²) in [7, 11) is 0. The van der Waals surface area contributed by atoms with E-state index in [1.807, 2.05) is 19.1 Å². The zero-order chi connectivity index (χ0) is 14.5. The summed E-state index contributed by atoms with van der Waals surface area (Å²) in [6, 6.07) is 6.36. The third-order valence-electron chi connectivity index (χ3n) is 4.42. The minimum Gasteiger partial charge on any atom is -0.327 e. The molecule has 1 aromatic carbocycles. The van der Waals surface area contributed by atoms with E-state index in [1.54, 1.807) is 0 Å². The molecule has 2 unspecified atom stereocenters. The van der Waals surface area contributed by atoms with Gasteiger partial charge in [0, 0.05) is 18.2 Å². The molecule has 0 spiro atoms. The van der Waals surface area contributed by atoms with Crippen molar-refractivity contribution in [2.45, 2.75) is 58.4 Å². The van der Waals surface area contributed by atoms with Gasteiger partial charge in [-0.15, -0.1) is 12.4 Å². The summed E-state index contributed by atoms with van der Waals surface area (Å²) in [5, 5.41) is 3.10. The van der Waals surface area contributed by atoms with Crippen molar-refractivity contribution in [3.8, 4) is 0 Å². The third-order valence-corrected chi connectivity index (χ3v) is 4.42. The van der Waals surface area contributed by atoms with Crippen molar-refractivity contribution in [1.29, 1.82) is 0 Å². The molecule has 1 fully saturated rings. The van der Waals surface area contributed by atoms with E-state index in [-0.39, 0.29) is 24.4 Å². The van der Waals surface area contributed by atoms with Crippen molar-refractivity contribution in [2.75, 3.05) is 5.32 Å². The van der Waals surface area contributed by atoms with Gasteiger partial charge in [0.1, 0.15) is 0 Å². The van der Waals surface area contributed by atoms with Crippen LogP contribution in [-0.2, 0) is 11.2 Å². The first-order valence-corrected chi connectivity index (χ1v) is 7.75. The molecular weight excluding hydrogens is 284 g/mol. The van der Waals surface area contributed by atoms with Crippen LogP contribution in [0.15, 0.2) is 18.2 Å². The lowest BCUT2D eigenvalue weighted by Crippen LogP contribution is -2.35. The van der Waals surface area contributed by atoms with E-state index in [0.29, 0.717) is 12.3 Å². The Morgan fingerprint density at radius 3 is 2.71 bits per heavy atom. The molecule has 1 aliphatic carbocycles. The molecule has 1 aliphatic rings. The van der Waals surface area contributed by atoms with Crippen molar-refractivity contribution >= 4 is 24.0 Å². The summed E-state index contributed by atoms with van der Waals surface area (Å²) < 4.78 is 0. The molecule has 1 amide bonds. The number of carbonyl (C=O) groups is 1. The van der Waals surface area contributed by atoms with Crippen molar-refractivity contribution < 1.29 is 4.79 Å². The molecule has 0 heterocycles. The molecule has 4 heteroatoms. The van der Waals surface area contributed by atoms with Crippen LogP contribution < -0.4 is 11.1 Å². The molecule has 0 saturated heterocycles. The summed E-state index contributed by atoms with van der Waals surface area (Å²) in [6.07, 6.45) is 6.04. The number of amides is 1. The summed E-state index contributed by atoms with van der Waals surface area (Å²) in [5.41, 5.74) is 9.45. The van der Waals surface area contributed by atoms with Crippen molar-refractivity contribution in [2.24, 2.45) is 11.7 Å². The molecule has 1 aromatic rings. The maximum atomic E-state index is 12.3. The van der Waals surface area contributed by atoms with Crippen LogP contribution in [0.25, 0.3) is 0 Å². The summed E-state index contributed by atoms with van der Waals surface area (Å²) >= 11 is 0. The molecule has 3 nitrogen and oxygen atoms in total. The van der Waals surface area contributed by atoms with E-state index >= 15 is 0 Å². The largest absolute Gasteiger partial charge is 0.327 e. The number of benzene rings is 1. The first-order chi connectivity index (χ1) is 9.61.